The molecule has 0 spiro atoms. The lowest BCUT2D eigenvalue weighted by Gasteiger charge is -2.18. The number of hydrogen-bond acceptors (Lipinski definition) is 4. The Morgan fingerprint density at radius 2 is 2.08 bits per heavy atom. The summed E-state index contributed by atoms with van der Waals surface area (Å²) in [4.78, 5) is 6.97. The van der Waals surface area contributed by atoms with E-state index in [-0.39, 0.29) is 4.90 Å². The topological polar surface area (TPSA) is 80.7 Å². The average Bonchev–Trinajstić information content (AvgIpc) is 3.11. The second-order valence-corrected chi connectivity index (χ2v) is 7.70. The summed E-state index contributed by atoms with van der Waals surface area (Å²) in [5.41, 5.74) is 5.07. The number of hydrogen-bond donors (Lipinski definition) is 1. The van der Waals surface area contributed by atoms with Crippen molar-refractivity contribution >= 4 is 21.4 Å². The molecule has 0 radical (unpaired) electrons. The molecule has 0 fully saturated rings. The number of nitrogens with zero attached hydrogens (tertiary/aromatic N) is 3. The second kappa shape index (κ2) is 5.32. The van der Waals surface area contributed by atoms with Crippen LogP contribution in [0.15, 0.2) is 47.5 Å². The highest BCUT2D eigenvalue weighted by molar-refractivity contribution is 7.89. The molecule has 7 heteroatoms. The van der Waals surface area contributed by atoms with Crippen molar-refractivity contribution in [2.24, 2.45) is 5.14 Å². The molecular formula is C17H18N4O2S. The Morgan fingerprint density at radius 3 is 2.83 bits per heavy atom. The number of aromatic nitrogens is 2. The van der Waals surface area contributed by atoms with Crippen LogP contribution in [0.2, 0.25) is 0 Å². The van der Waals surface area contributed by atoms with Gasteiger partial charge in [0.2, 0.25) is 10.0 Å². The van der Waals surface area contributed by atoms with Gasteiger partial charge in [0, 0.05) is 24.1 Å². The molecule has 0 atom stereocenters. The Labute approximate surface area is 140 Å². The second-order valence-electron chi connectivity index (χ2n) is 6.13. The van der Waals surface area contributed by atoms with Crippen LogP contribution in [0.4, 0.5) is 5.69 Å². The van der Waals surface area contributed by atoms with E-state index in [1.165, 1.54) is 0 Å². The lowest BCUT2D eigenvalue weighted by molar-refractivity contribution is 0.598. The van der Waals surface area contributed by atoms with Gasteiger partial charge in [-0.2, -0.15) is 0 Å². The summed E-state index contributed by atoms with van der Waals surface area (Å²) in [6.45, 7) is 3.53. The summed E-state index contributed by atoms with van der Waals surface area (Å²) < 4.78 is 25.3. The Morgan fingerprint density at radius 1 is 1.25 bits per heavy atom. The van der Waals surface area contributed by atoms with Crippen LogP contribution >= 0.6 is 0 Å². The van der Waals surface area contributed by atoms with Gasteiger partial charge in [-0.15, -0.1) is 0 Å². The molecule has 6 nitrogen and oxygen atoms in total. The maximum Gasteiger partial charge on any atom is 0.238 e. The Balaban J connectivity index is 1.68. The van der Waals surface area contributed by atoms with Crippen molar-refractivity contribution in [1.82, 2.24) is 9.38 Å². The molecule has 124 valence electrons. The fourth-order valence-electron chi connectivity index (χ4n) is 3.24. The van der Waals surface area contributed by atoms with Crippen LogP contribution in [0.25, 0.3) is 5.65 Å². The summed E-state index contributed by atoms with van der Waals surface area (Å²) in [5.74, 6) is 0. The fraction of sp³-hybridized carbons (Fsp3) is 0.235. The van der Waals surface area contributed by atoms with Crippen molar-refractivity contribution in [1.29, 1.82) is 0 Å². The van der Waals surface area contributed by atoms with Gasteiger partial charge in [-0.25, -0.2) is 18.5 Å². The third-order valence-electron chi connectivity index (χ3n) is 4.48. The first-order valence-electron chi connectivity index (χ1n) is 7.76. The first-order chi connectivity index (χ1) is 11.4. The van der Waals surface area contributed by atoms with Crippen LogP contribution in [0, 0.1) is 6.92 Å². The zero-order valence-corrected chi connectivity index (χ0v) is 14.1. The number of nitrogens with two attached hydrogens (primary N) is 1. The smallest absolute Gasteiger partial charge is 0.238 e. The molecule has 0 saturated heterocycles. The van der Waals surface area contributed by atoms with Gasteiger partial charge in [0.25, 0.3) is 0 Å². The number of primary sulfonamides is 1. The molecule has 3 heterocycles. The molecule has 0 amide bonds. The molecule has 1 aromatic carbocycles. The van der Waals surface area contributed by atoms with E-state index in [9.17, 15) is 8.42 Å². The van der Waals surface area contributed by atoms with E-state index in [1.54, 1.807) is 12.1 Å². The van der Waals surface area contributed by atoms with Gasteiger partial charge < -0.3 is 9.30 Å². The predicted molar refractivity (Wildman–Crippen MR) is 92.5 cm³/mol. The first-order valence-corrected chi connectivity index (χ1v) is 9.31. The molecule has 1 aliphatic heterocycles. The molecule has 2 aromatic heterocycles. The third-order valence-corrected chi connectivity index (χ3v) is 5.39. The molecule has 0 saturated carbocycles. The van der Waals surface area contributed by atoms with E-state index < -0.39 is 10.0 Å². The van der Waals surface area contributed by atoms with Crippen molar-refractivity contribution < 1.29 is 8.42 Å². The molecular weight excluding hydrogens is 324 g/mol. The molecule has 0 bridgehead atoms. The summed E-state index contributed by atoms with van der Waals surface area (Å²) in [5, 5.41) is 5.25. The fourth-order valence-corrected chi connectivity index (χ4v) is 3.77. The van der Waals surface area contributed by atoms with Crippen LogP contribution in [0.3, 0.4) is 0 Å². The zero-order chi connectivity index (χ0) is 16.9. The molecule has 2 N–H and O–H groups in total. The van der Waals surface area contributed by atoms with Crippen molar-refractivity contribution in [2.75, 3.05) is 11.4 Å². The van der Waals surface area contributed by atoms with E-state index in [4.69, 9.17) is 5.14 Å². The number of benzene rings is 1. The number of sulfonamides is 1. The van der Waals surface area contributed by atoms with Crippen LogP contribution in [-0.4, -0.2) is 24.3 Å². The molecule has 0 aliphatic carbocycles. The number of aryl methyl sites for hydroxylation is 1. The summed E-state index contributed by atoms with van der Waals surface area (Å²) in [6.07, 6.45) is 2.93. The SMILES string of the molecule is Cc1cccc2nc(CN3CCc4ccc(S(N)(=O)=O)cc43)cn12. The Bertz CT molecular complexity index is 1040. The highest BCUT2D eigenvalue weighted by Crippen LogP contribution is 2.31. The summed E-state index contributed by atoms with van der Waals surface area (Å²) in [7, 11) is -3.69. The van der Waals surface area contributed by atoms with E-state index in [1.807, 2.05) is 37.4 Å². The molecule has 4 rings (SSSR count). The van der Waals surface area contributed by atoms with Crippen molar-refractivity contribution in [3.05, 3.63) is 59.5 Å². The van der Waals surface area contributed by atoms with Gasteiger partial charge in [0.05, 0.1) is 17.1 Å². The van der Waals surface area contributed by atoms with Gasteiger partial charge in [0.1, 0.15) is 5.65 Å². The van der Waals surface area contributed by atoms with Crippen LogP contribution in [-0.2, 0) is 23.0 Å². The van der Waals surface area contributed by atoms with Crippen LogP contribution < -0.4 is 10.0 Å². The van der Waals surface area contributed by atoms with Crippen molar-refractivity contribution in [2.45, 2.75) is 24.8 Å². The van der Waals surface area contributed by atoms with Crippen LogP contribution in [0.1, 0.15) is 17.0 Å². The molecule has 3 aromatic rings. The van der Waals surface area contributed by atoms with Gasteiger partial charge in [0.15, 0.2) is 0 Å². The monoisotopic (exact) mass is 342 g/mol. The minimum absolute atomic E-state index is 0.152. The van der Waals surface area contributed by atoms with Crippen molar-refractivity contribution in [3.8, 4) is 0 Å². The maximum absolute atomic E-state index is 11.6. The van der Waals surface area contributed by atoms with Crippen LogP contribution in [0.5, 0.6) is 0 Å². The number of imidazole rings is 1. The largest absolute Gasteiger partial charge is 0.365 e. The van der Waals surface area contributed by atoms with E-state index in [2.05, 4.69) is 14.3 Å². The Hall–Kier alpha value is -2.38. The average molecular weight is 342 g/mol. The molecule has 1 aliphatic rings. The normalized spacial score (nSPS) is 14.3. The first kappa shape index (κ1) is 15.2. The standard InChI is InChI=1S/C17H18N4O2S/c1-12-3-2-4-17-19-14(11-21(12)17)10-20-8-7-13-5-6-15(9-16(13)20)24(18,22)23/h2-6,9,11H,7-8,10H2,1H3,(H2,18,22,23). The van der Waals surface area contributed by atoms with Gasteiger partial charge in [-0.3, -0.25) is 0 Å². The minimum atomic E-state index is -3.69. The summed E-state index contributed by atoms with van der Waals surface area (Å²) in [6, 6.07) is 11.1. The van der Waals surface area contributed by atoms with Gasteiger partial charge in [-0.05, 0) is 43.2 Å². The maximum atomic E-state index is 11.6. The quantitative estimate of drug-likeness (QED) is 0.788. The number of anilines is 1. The molecule has 0 unspecified atom stereocenters. The lowest BCUT2D eigenvalue weighted by Crippen LogP contribution is -2.20. The minimum Gasteiger partial charge on any atom is -0.365 e. The summed E-state index contributed by atoms with van der Waals surface area (Å²) >= 11 is 0. The highest BCUT2D eigenvalue weighted by Gasteiger charge is 2.22. The zero-order valence-electron chi connectivity index (χ0n) is 13.3. The van der Waals surface area contributed by atoms with Crippen molar-refractivity contribution in [3.63, 3.8) is 0 Å². The van der Waals surface area contributed by atoms with Gasteiger partial charge in [-0.1, -0.05) is 12.1 Å². The van der Waals surface area contributed by atoms with E-state index in [0.717, 1.165) is 41.3 Å². The predicted octanol–water partition coefficient (Wildman–Crippen LogP) is 1.85. The number of fused-ring (bicyclic) bond motifs is 2. The number of rotatable bonds is 3. The van der Waals surface area contributed by atoms with Gasteiger partial charge >= 0.3 is 0 Å². The van der Waals surface area contributed by atoms with E-state index in [0.29, 0.717) is 6.54 Å². The highest BCUT2D eigenvalue weighted by atomic mass is 32.2. The number of pyridine rings is 1. The molecule has 24 heavy (non-hydrogen) atoms. The third kappa shape index (κ3) is 2.55. The Kier molecular flexibility index (Phi) is 3.36. The van der Waals surface area contributed by atoms with E-state index >= 15 is 0 Å². The lowest BCUT2D eigenvalue weighted by atomic mass is 10.2.